The van der Waals surface area contributed by atoms with Crippen LogP contribution in [0.4, 0.5) is 11.4 Å². The fourth-order valence-electron chi connectivity index (χ4n) is 4.98. The fraction of sp³-hybridized carbons (Fsp3) is 0.321. The number of carbonyl (C=O) groups excluding carboxylic acids is 2. The number of rotatable bonds is 6. The Morgan fingerprint density at radius 2 is 1.71 bits per heavy atom. The second kappa shape index (κ2) is 11.6. The molecule has 2 aromatic carbocycles. The van der Waals surface area contributed by atoms with Gasteiger partial charge in [-0.15, -0.1) is 0 Å². The van der Waals surface area contributed by atoms with Crippen LogP contribution in [-0.2, 0) is 19.1 Å². The van der Waals surface area contributed by atoms with Crippen molar-refractivity contribution in [3.8, 4) is 6.07 Å². The molecule has 2 aliphatic rings. The monoisotopic (exact) mass is 535 g/mol. The minimum atomic E-state index is -0.927. The molecule has 1 unspecified atom stereocenters. The zero-order valence-electron chi connectivity index (χ0n) is 21.6. The molecule has 38 heavy (non-hydrogen) atoms. The van der Waals surface area contributed by atoms with Gasteiger partial charge in [-0.1, -0.05) is 48.9 Å². The first kappa shape index (κ1) is 27.0. The van der Waals surface area contributed by atoms with Crippen molar-refractivity contribution >= 4 is 34.9 Å². The largest absolute Gasteiger partial charge is 0.466 e. The molecular weight excluding hydrogens is 506 g/mol. The lowest BCUT2D eigenvalue weighted by Crippen LogP contribution is -2.46. The number of nitriles is 1. The molecule has 10 heteroatoms. The molecule has 1 atom stereocenters. The van der Waals surface area contributed by atoms with E-state index in [1.807, 2.05) is 12.1 Å². The van der Waals surface area contributed by atoms with Gasteiger partial charge in [-0.3, -0.25) is 4.90 Å². The van der Waals surface area contributed by atoms with E-state index in [0.29, 0.717) is 16.3 Å². The maximum atomic E-state index is 13.2. The Labute approximate surface area is 227 Å². The molecule has 0 saturated carbocycles. The number of esters is 2. The van der Waals surface area contributed by atoms with Gasteiger partial charge in [0.25, 0.3) is 0 Å². The zero-order chi connectivity index (χ0) is 27.4. The van der Waals surface area contributed by atoms with Crippen molar-refractivity contribution in [2.75, 3.05) is 56.7 Å². The molecule has 4 rings (SSSR count). The van der Waals surface area contributed by atoms with Gasteiger partial charge < -0.3 is 25.0 Å². The lowest BCUT2D eigenvalue weighted by atomic mass is 9.81. The van der Waals surface area contributed by atoms with Gasteiger partial charge in [0.05, 0.1) is 48.1 Å². The summed E-state index contributed by atoms with van der Waals surface area (Å²) in [4.78, 5) is 32.3. The van der Waals surface area contributed by atoms with Crippen molar-refractivity contribution in [2.45, 2.75) is 12.8 Å². The van der Waals surface area contributed by atoms with Gasteiger partial charge in [0.15, 0.2) is 0 Å². The Morgan fingerprint density at radius 1 is 1.05 bits per heavy atom. The van der Waals surface area contributed by atoms with Crippen LogP contribution in [-0.4, -0.2) is 63.8 Å². The summed E-state index contributed by atoms with van der Waals surface area (Å²) in [6, 6.07) is 16.3. The Balaban J connectivity index is 1.87. The number of hydrogen-bond acceptors (Lipinski definition) is 9. The summed E-state index contributed by atoms with van der Waals surface area (Å²) in [6.07, 6.45) is 0. The van der Waals surface area contributed by atoms with E-state index in [1.54, 1.807) is 36.4 Å². The van der Waals surface area contributed by atoms with Crippen molar-refractivity contribution in [2.24, 2.45) is 5.73 Å². The molecule has 2 aliphatic heterocycles. The highest BCUT2D eigenvalue weighted by Gasteiger charge is 2.43. The number of piperazine rings is 1. The van der Waals surface area contributed by atoms with Gasteiger partial charge in [-0.05, 0) is 30.3 Å². The first-order valence-electron chi connectivity index (χ1n) is 12.3. The van der Waals surface area contributed by atoms with Crippen LogP contribution in [0.3, 0.4) is 0 Å². The molecule has 9 nitrogen and oxygen atoms in total. The zero-order valence-corrected chi connectivity index (χ0v) is 22.4. The predicted molar refractivity (Wildman–Crippen MR) is 145 cm³/mol. The standard InChI is InChI=1S/C28H30ClN5O4/c1-4-32-12-14-33(15-13-32)22-11-10-19(16-21(22)29)34-25(28(36)38-3)24(27(35)37-2)23(20(17-30)26(34)31)18-8-6-5-7-9-18/h5-11,16,23H,4,12-15,31H2,1-3H3. The smallest absolute Gasteiger partial charge is 0.355 e. The normalized spacial score (nSPS) is 18.3. The number of nitrogens with two attached hydrogens (primary N) is 1. The Bertz CT molecular complexity index is 1330. The minimum absolute atomic E-state index is 0.00483. The highest BCUT2D eigenvalue weighted by atomic mass is 35.5. The van der Waals surface area contributed by atoms with Crippen LogP contribution in [0.2, 0.25) is 5.02 Å². The summed E-state index contributed by atoms with van der Waals surface area (Å²) in [5.41, 5.74) is 8.35. The van der Waals surface area contributed by atoms with Crippen LogP contribution in [0.15, 0.2) is 71.2 Å². The number of halogens is 1. The highest BCUT2D eigenvalue weighted by molar-refractivity contribution is 6.33. The molecule has 2 aromatic rings. The van der Waals surface area contributed by atoms with E-state index in [-0.39, 0.29) is 22.7 Å². The highest BCUT2D eigenvalue weighted by Crippen LogP contribution is 2.44. The topological polar surface area (TPSA) is 112 Å². The van der Waals surface area contributed by atoms with Gasteiger partial charge in [0.1, 0.15) is 11.5 Å². The van der Waals surface area contributed by atoms with Crippen molar-refractivity contribution in [1.82, 2.24) is 4.90 Å². The Morgan fingerprint density at radius 3 is 2.26 bits per heavy atom. The minimum Gasteiger partial charge on any atom is -0.466 e. The number of anilines is 2. The third kappa shape index (κ3) is 4.93. The summed E-state index contributed by atoms with van der Waals surface area (Å²) in [7, 11) is 2.43. The second-order valence-electron chi connectivity index (χ2n) is 8.89. The van der Waals surface area contributed by atoms with Crippen molar-refractivity contribution in [3.63, 3.8) is 0 Å². The predicted octanol–water partition coefficient (Wildman–Crippen LogP) is 3.38. The van der Waals surface area contributed by atoms with Gasteiger partial charge in [0.2, 0.25) is 0 Å². The molecule has 198 valence electrons. The molecule has 2 heterocycles. The SMILES string of the molecule is CCN1CCN(c2ccc(N3C(N)=C(C#N)C(c4ccccc4)C(C(=O)OC)=C3C(=O)OC)cc2Cl)CC1. The van der Waals surface area contributed by atoms with Crippen LogP contribution in [0.1, 0.15) is 18.4 Å². The van der Waals surface area contributed by atoms with Crippen LogP contribution >= 0.6 is 11.6 Å². The number of nitrogens with zero attached hydrogens (tertiary/aromatic N) is 4. The van der Waals surface area contributed by atoms with E-state index < -0.39 is 17.9 Å². The summed E-state index contributed by atoms with van der Waals surface area (Å²) < 4.78 is 10.2. The van der Waals surface area contributed by atoms with Crippen LogP contribution in [0.25, 0.3) is 0 Å². The number of methoxy groups -OCH3 is 2. The molecular formula is C28H30ClN5O4. The van der Waals surface area contributed by atoms with Crippen LogP contribution in [0.5, 0.6) is 0 Å². The van der Waals surface area contributed by atoms with E-state index in [0.717, 1.165) is 38.4 Å². The lowest BCUT2D eigenvalue weighted by molar-refractivity contribution is -0.139. The molecule has 0 aromatic heterocycles. The number of benzene rings is 2. The number of likely N-dealkylation sites (N-methyl/N-ethyl adjacent to an activating group) is 1. The van der Waals surface area contributed by atoms with Gasteiger partial charge in [-0.25, -0.2) is 9.59 Å². The summed E-state index contributed by atoms with van der Waals surface area (Å²) in [5.74, 6) is -2.51. The first-order chi connectivity index (χ1) is 18.4. The fourth-order valence-corrected chi connectivity index (χ4v) is 5.27. The molecule has 1 saturated heterocycles. The number of allylic oxidation sites excluding steroid dienone is 1. The first-order valence-corrected chi connectivity index (χ1v) is 12.7. The Kier molecular flexibility index (Phi) is 8.25. The number of carbonyl (C=O) groups is 2. The second-order valence-corrected chi connectivity index (χ2v) is 9.30. The average Bonchev–Trinajstić information content (AvgIpc) is 2.96. The molecule has 0 bridgehead atoms. The van der Waals surface area contributed by atoms with Crippen molar-refractivity contribution < 1.29 is 19.1 Å². The molecule has 2 N–H and O–H groups in total. The van der Waals surface area contributed by atoms with Crippen molar-refractivity contribution in [1.29, 1.82) is 5.26 Å². The molecule has 1 fully saturated rings. The average molecular weight is 536 g/mol. The third-order valence-corrected chi connectivity index (χ3v) is 7.26. The maximum absolute atomic E-state index is 13.2. The molecule has 0 amide bonds. The van der Waals surface area contributed by atoms with E-state index in [1.165, 1.54) is 19.1 Å². The van der Waals surface area contributed by atoms with Crippen LogP contribution < -0.4 is 15.5 Å². The maximum Gasteiger partial charge on any atom is 0.355 e. The Hall–Kier alpha value is -4.00. The summed E-state index contributed by atoms with van der Waals surface area (Å²) in [6.45, 7) is 6.66. The number of hydrogen-bond donors (Lipinski definition) is 1. The number of ether oxygens (including phenoxy) is 2. The molecule has 0 radical (unpaired) electrons. The third-order valence-electron chi connectivity index (χ3n) is 6.96. The van der Waals surface area contributed by atoms with Gasteiger partial charge in [-0.2, -0.15) is 5.26 Å². The summed E-state index contributed by atoms with van der Waals surface area (Å²) >= 11 is 6.75. The molecule has 0 aliphatic carbocycles. The molecule has 0 spiro atoms. The van der Waals surface area contributed by atoms with Crippen molar-refractivity contribution in [3.05, 3.63) is 81.8 Å². The van der Waals surface area contributed by atoms with E-state index in [4.69, 9.17) is 26.8 Å². The van der Waals surface area contributed by atoms with Gasteiger partial charge >= 0.3 is 11.9 Å². The van der Waals surface area contributed by atoms with Gasteiger partial charge in [0, 0.05) is 31.9 Å². The van der Waals surface area contributed by atoms with E-state index in [9.17, 15) is 14.9 Å². The van der Waals surface area contributed by atoms with E-state index >= 15 is 0 Å². The van der Waals surface area contributed by atoms with Crippen LogP contribution in [0, 0.1) is 11.3 Å². The van der Waals surface area contributed by atoms with E-state index in [2.05, 4.69) is 22.8 Å². The quantitative estimate of drug-likeness (QED) is 0.556. The summed E-state index contributed by atoms with van der Waals surface area (Å²) in [5, 5.41) is 10.6. The lowest BCUT2D eigenvalue weighted by Gasteiger charge is -2.37.